The number of rotatable bonds is 3. The van der Waals surface area contributed by atoms with Crippen molar-refractivity contribution in [3.05, 3.63) is 52.1 Å². The van der Waals surface area contributed by atoms with Gasteiger partial charge in [0.25, 0.3) is 5.56 Å². The molecule has 1 N–H and O–H groups in total. The van der Waals surface area contributed by atoms with E-state index in [0.29, 0.717) is 17.1 Å². The molecule has 112 valence electrons. The lowest BCUT2D eigenvalue weighted by Gasteiger charge is -2.00. The van der Waals surface area contributed by atoms with Gasteiger partial charge in [0.2, 0.25) is 0 Å². The third-order valence-corrected chi connectivity index (χ3v) is 3.22. The van der Waals surface area contributed by atoms with E-state index in [-0.39, 0.29) is 11.2 Å². The number of H-pyrrole nitrogens is 1. The van der Waals surface area contributed by atoms with Gasteiger partial charge in [-0.15, -0.1) is 5.11 Å². The number of nitrogens with zero attached hydrogens (tertiary/aromatic N) is 4. The van der Waals surface area contributed by atoms with E-state index in [4.69, 9.17) is 4.74 Å². The summed E-state index contributed by atoms with van der Waals surface area (Å²) < 4.78 is 6.74. The molecular weight excluding hydrogens is 282 g/mol. The fourth-order valence-corrected chi connectivity index (χ4v) is 2.21. The van der Waals surface area contributed by atoms with E-state index >= 15 is 0 Å². The average Bonchev–Trinajstić information content (AvgIpc) is 2.81. The molecule has 0 radical (unpaired) electrons. The van der Waals surface area contributed by atoms with Crippen molar-refractivity contribution in [1.82, 2.24) is 14.6 Å². The maximum atomic E-state index is 12.1. The first kappa shape index (κ1) is 14.0. The summed E-state index contributed by atoms with van der Waals surface area (Å²) in [4.78, 5) is 16.4. The van der Waals surface area contributed by atoms with Crippen molar-refractivity contribution in [3.8, 4) is 5.75 Å². The second-order valence-corrected chi connectivity index (χ2v) is 4.89. The van der Waals surface area contributed by atoms with Crippen molar-refractivity contribution < 1.29 is 4.74 Å². The Morgan fingerprint density at radius 3 is 2.82 bits per heavy atom. The zero-order chi connectivity index (χ0) is 15.7. The van der Waals surface area contributed by atoms with Crippen LogP contribution in [0.1, 0.15) is 11.4 Å². The largest absolute Gasteiger partial charge is 0.497 e. The molecule has 22 heavy (non-hydrogen) atoms. The van der Waals surface area contributed by atoms with Gasteiger partial charge in [0.05, 0.1) is 12.8 Å². The number of azo groups is 1. The molecule has 0 amide bonds. The number of fused-ring (bicyclic) bond motifs is 1. The molecule has 0 aliphatic rings. The maximum Gasteiger partial charge on any atom is 0.294 e. The number of aryl methyl sites for hydroxylation is 2. The zero-order valence-corrected chi connectivity index (χ0v) is 12.5. The topological polar surface area (TPSA) is 84.1 Å². The summed E-state index contributed by atoms with van der Waals surface area (Å²) in [7, 11) is 1.58. The molecule has 1 aromatic carbocycles. The second-order valence-electron chi connectivity index (χ2n) is 4.89. The summed E-state index contributed by atoms with van der Waals surface area (Å²) in [6.45, 7) is 3.76. The van der Waals surface area contributed by atoms with E-state index < -0.39 is 0 Å². The Morgan fingerprint density at radius 2 is 2.05 bits per heavy atom. The fourth-order valence-electron chi connectivity index (χ4n) is 2.21. The van der Waals surface area contributed by atoms with Crippen molar-refractivity contribution >= 4 is 17.0 Å². The molecule has 0 bridgehead atoms. The standard InChI is InChI=1S/C15H15N5O2/c1-9-7-10(2)20-14(16-9)13(15(21)19-20)18-17-11-5-4-6-12(8-11)22-3/h4-8H,1-3H3,(H,19,21). The number of nitrogens with one attached hydrogen (secondary N) is 1. The van der Waals surface area contributed by atoms with E-state index in [2.05, 4.69) is 20.3 Å². The molecular formula is C15H15N5O2. The number of aromatic nitrogens is 3. The molecule has 0 spiro atoms. The Labute approximate surface area is 126 Å². The minimum absolute atomic E-state index is 0.189. The Hall–Kier alpha value is -2.96. The van der Waals surface area contributed by atoms with Crippen LogP contribution in [0.3, 0.4) is 0 Å². The molecule has 3 rings (SSSR count). The van der Waals surface area contributed by atoms with Gasteiger partial charge < -0.3 is 4.74 Å². The van der Waals surface area contributed by atoms with Crippen LogP contribution in [0, 0.1) is 13.8 Å². The molecule has 0 aliphatic carbocycles. The van der Waals surface area contributed by atoms with Crippen molar-refractivity contribution in [1.29, 1.82) is 0 Å². The Morgan fingerprint density at radius 1 is 1.23 bits per heavy atom. The van der Waals surface area contributed by atoms with Crippen LogP contribution in [0.15, 0.2) is 45.4 Å². The minimum Gasteiger partial charge on any atom is -0.497 e. The van der Waals surface area contributed by atoms with E-state index in [1.54, 1.807) is 23.8 Å². The van der Waals surface area contributed by atoms with E-state index in [0.717, 1.165) is 11.4 Å². The van der Waals surface area contributed by atoms with Crippen LogP contribution in [0.25, 0.3) is 5.65 Å². The lowest BCUT2D eigenvalue weighted by molar-refractivity contribution is 0.415. The van der Waals surface area contributed by atoms with E-state index in [9.17, 15) is 4.79 Å². The smallest absolute Gasteiger partial charge is 0.294 e. The first-order valence-electron chi connectivity index (χ1n) is 6.73. The molecule has 0 unspecified atom stereocenters. The quantitative estimate of drug-likeness (QED) is 0.754. The molecule has 0 saturated heterocycles. The van der Waals surface area contributed by atoms with Crippen LogP contribution in [-0.2, 0) is 0 Å². The SMILES string of the molecule is COc1cccc(N=Nc2c(=O)[nH]n3c(C)cc(C)nc23)c1. The van der Waals surface area contributed by atoms with Gasteiger partial charge in [0.15, 0.2) is 11.3 Å². The van der Waals surface area contributed by atoms with Gasteiger partial charge in [-0.3, -0.25) is 9.89 Å². The number of hydrogen-bond acceptors (Lipinski definition) is 5. The summed E-state index contributed by atoms with van der Waals surface area (Å²) in [6, 6.07) is 9.02. The fraction of sp³-hybridized carbons (Fsp3) is 0.200. The van der Waals surface area contributed by atoms with Crippen molar-refractivity contribution in [2.45, 2.75) is 13.8 Å². The summed E-state index contributed by atoms with van der Waals surface area (Å²) in [5.74, 6) is 0.678. The molecule has 0 saturated carbocycles. The van der Waals surface area contributed by atoms with Gasteiger partial charge >= 0.3 is 0 Å². The third-order valence-electron chi connectivity index (χ3n) is 3.22. The molecule has 7 nitrogen and oxygen atoms in total. The molecule has 0 aliphatic heterocycles. The first-order chi connectivity index (χ1) is 10.6. The minimum atomic E-state index is -0.326. The second kappa shape index (κ2) is 5.44. The van der Waals surface area contributed by atoms with E-state index in [1.165, 1.54) is 0 Å². The van der Waals surface area contributed by atoms with Crippen LogP contribution in [-0.4, -0.2) is 21.7 Å². The van der Waals surface area contributed by atoms with Crippen LogP contribution < -0.4 is 10.3 Å². The van der Waals surface area contributed by atoms with Gasteiger partial charge in [0.1, 0.15) is 5.75 Å². The lowest BCUT2D eigenvalue weighted by atomic mass is 10.3. The molecule has 3 aromatic rings. The van der Waals surface area contributed by atoms with Crippen LogP contribution >= 0.6 is 0 Å². The van der Waals surface area contributed by atoms with Crippen LogP contribution in [0.2, 0.25) is 0 Å². The Kier molecular flexibility index (Phi) is 3.46. The van der Waals surface area contributed by atoms with E-state index in [1.807, 2.05) is 32.0 Å². The van der Waals surface area contributed by atoms with Crippen LogP contribution in [0.4, 0.5) is 11.4 Å². The highest BCUT2D eigenvalue weighted by molar-refractivity contribution is 5.63. The number of benzene rings is 1. The highest BCUT2D eigenvalue weighted by Gasteiger charge is 2.12. The summed E-state index contributed by atoms with van der Waals surface area (Å²) in [5, 5.41) is 10.9. The predicted octanol–water partition coefficient (Wildman–Crippen LogP) is 3.06. The average molecular weight is 297 g/mol. The molecule has 7 heteroatoms. The number of ether oxygens (including phenoxy) is 1. The van der Waals surface area contributed by atoms with Crippen molar-refractivity contribution in [3.63, 3.8) is 0 Å². The molecule has 2 aromatic heterocycles. The van der Waals surface area contributed by atoms with Gasteiger partial charge in [-0.05, 0) is 32.0 Å². The first-order valence-corrected chi connectivity index (χ1v) is 6.73. The van der Waals surface area contributed by atoms with Gasteiger partial charge in [-0.2, -0.15) is 5.11 Å². The maximum absolute atomic E-state index is 12.1. The Balaban J connectivity index is 2.08. The molecule has 0 fully saturated rings. The lowest BCUT2D eigenvalue weighted by Crippen LogP contribution is -2.02. The van der Waals surface area contributed by atoms with Crippen LogP contribution in [0.5, 0.6) is 5.75 Å². The Bertz CT molecular complexity index is 923. The number of hydrogen-bond donors (Lipinski definition) is 1. The normalized spacial score (nSPS) is 11.4. The van der Waals surface area contributed by atoms with Crippen molar-refractivity contribution in [2.24, 2.45) is 10.2 Å². The third kappa shape index (κ3) is 2.48. The van der Waals surface area contributed by atoms with Gasteiger partial charge in [0, 0.05) is 17.5 Å². The molecule has 0 atom stereocenters. The number of methoxy groups -OCH3 is 1. The summed E-state index contributed by atoms with van der Waals surface area (Å²) in [5.41, 5.74) is 2.62. The highest BCUT2D eigenvalue weighted by Crippen LogP contribution is 2.23. The molecule has 2 heterocycles. The summed E-state index contributed by atoms with van der Waals surface area (Å²) in [6.07, 6.45) is 0. The monoisotopic (exact) mass is 297 g/mol. The number of aromatic amines is 1. The predicted molar refractivity (Wildman–Crippen MR) is 82.5 cm³/mol. The zero-order valence-electron chi connectivity index (χ0n) is 12.5. The van der Waals surface area contributed by atoms with Gasteiger partial charge in [-0.1, -0.05) is 6.07 Å². The summed E-state index contributed by atoms with van der Waals surface area (Å²) >= 11 is 0. The van der Waals surface area contributed by atoms with Crippen molar-refractivity contribution in [2.75, 3.05) is 7.11 Å². The van der Waals surface area contributed by atoms with Gasteiger partial charge in [-0.25, -0.2) is 9.50 Å². The highest BCUT2D eigenvalue weighted by atomic mass is 16.5.